The van der Waals surface area contributed by atoms with Gasteiger partial charge in [-0.05, 0) is 24.6 Å². The van der Waals surface area contributed by atoms with Crippen molar-refractivity contribution in [2.24, 2.45) is 5.92 Å². The molecule has 0 amide bonds. The molecule has 0 aromatic heterocycles. The lowest BCUT2D eigenvalue weighted by Gasteiger charge is -2.03. The quantitative estimate of drug-likeness (QED) is 0.465. The maximum Gasteiger partial charge on any atom is 0.317 e. The van der Waals surface area contributed by atoms with Crippen LogP contribution in [0.3, 0.4) is 0 Å². The van der Waals surface area contributed by atoms with Crippen molar-refractivity contribution in [3.63, 3.8) is 0 Å². The first-order valence-corrected chi connectivity index (χ1v) is 5.47. The van der Waals surface area contributed by atoms with Gasteiger partial charge in [0.25, 0.3) is 0 Å². The van der Waals surface area contributed by atoms with E-state index < -0.39 is 16.2 Å². The minimum absolute atomic E-state index is 0.406. The van der Waals surface area contributed by atoms with Crippen LogP contribution in [-0.4, -0.2) is 10.3 Å². The third-order valence-electron chi connectivity index (χ3n) is 2.13. The minimum Gasteiger partial charge on any atom is -0.426 e. The van der Waals surface area contributed by atoms with Crippen LogP contribution in [0, 0.1) is 5.92 Å². The number of halogens is 3. The summed E-state index contributed by atoms with van der Waals surface area (Å²) in [4.78, 5) is 11.5. The summed E-state index contributed by atoms with van der Waals surface area (Å²) >= 11 is 17.2. The molecule has 1 atom stereocenters. The molecule has 2 nitrogen and oxygen atoms in total. The average Bonchev–Trinajstić information content (AvgIpc) is 2.75. The van der Waals surface area contributed by atoms with E-state index in [0.717, 1.165) is 0 Å². The fourth-order valence-electron chi connectivity index (χ4n) is 1.19. The fraction of sp³-hybridized carbons (Fsp3) is 0.300. The molecule has 0 heterocycles. The lowest BCUT2D eigenvalue weighted by Crippen LogP contribution is -2.13. The zero-order valence-electron chi connectivity index (χ0n) is 7.54. The van der Waals surface area contributed by atoms with Crippen molar-refractivity contribution >= 4 is 40.8 Å². The summed E-state index contributed by atoms with van der Waals surface area (Å²) in [5, 5.41) is 0.513. The van der Waals surface area contributed by atoms with Gasteiger partial charge < -0.3 is 4.74 Å². The number of carbonyl (C=O) groups is 1. The van der Waals surface area contributed by atoms with E-state index in [1.54, 1.807) is 24.3 Å². The molecule has 1 unspecified atom stereocenters. The standard InChI is InChI=1S/C10H7Cl3O2/c11-6-2-1-3-7(4-6)15-9(14)8-5-10(8,12)13/h1-4,8H,5H2. The average molecular weight is 266 g/mol. The lowest BCUT2D eigenvalue weighted by molar-refractivity contribution is -0.135. The highest BCUT2D eigenvalue weighted by atomic mass is 35.5. The molecule has 0 spiro atoms. The van der Waals surface area contributed by atoms with Crippen molar-refractivity contribution in [2.75, 3.05) is 0 Å². The van der Waals surface area contributed by atoms with Crippen molar-refractivity contribution < 1.29 is 9.53 Å². The third kappa shape index (κ3) is 2.57. The molecule has 0 saturated heterocycles. The first-order chi connectivity index (χ1) is 6.99. The van der Waals surface area contributed by atoms with Crippen LogP contribution in [0.25, 0.3) is 0 Å². The summed E-state index contributed by atoms with van der Waals surface area (Å²) in [5.74, 6) is -0.439. The van der Waals surface area contributed by atoms with Crippen LogP contribution in [0.15, 0.2) is 24.3 Å². The Morgan fingerprint density at radius 2 is 2.13 bits per heavy atom. The van der Waals surface area contributed by atoms with Gasteiger partial charge in [-0.25, -0.2) is 0 Å². The molecule has 0 radical (unpaired) electrons. The molecular weight excluding hydrogens is 258 g/mol. The molecule has 1 aliphatic carbocycles. The Hall–Kier alpha value is -0.440. The van der Waals surface area contributed by atoms with E-state index in [9.17, 15) is 4.79 Å². The second kappa shape index (κ2) is 3.85. The first kappa shape index (κ1) is 11.1. The van der Waals surface area contributed by atoms with Gasteiger partial charge in [0, 0.05) is 5.02 Å². The third-order valence-corrected chi connectivity index (χ3v) is 3.20. The molecule has 5 heteroatoms. The Morgan fingerprint density at radius 3 is 2.67 bits per heavy atom. The first-order valence-electron chi connectivity index (χ1n) is 4.34. The van der Waals surface area contributed by atoms with Gasteiger partial charge in [-0.15, -0.1) is 23.2 Å². The van der Waals surface area contributed by atoms with Crippen LogP contribution < -0.4 is 4.74 Å². The van der Waals surface area contributed by atoms with E-state index >= 15 is 0 Å². The highest BCUT2D eigenvalue weighted by Gasteiger charge is 2.57. The summed E-state index contributed by atoms with van der Waals surface area (Å²) in [6.07, 6.45) is 0.440. The van der Waals surface area contributed by atoms with Crippen molar-refractivity contribution in [2.45, 2.75) is 10.8 Å². The summed E-state index contributed by atoms with van der Waals surface area (Å²) in [6, 6.07) is 6.61. The van der Waals surface area contributed by atoms with Crippen LogP contribution in [0.4, 0.5) is 0 Å². The maximum atomic E-state index is 11.5. The number of alkyl halides is 2. The van der Waals surface area contributed by atoms with E-state index in [1.165, 1.54) is 0 Å². The van der Waals surface area contributed by atoms with E-state index in [4.69, 9.17) is 39.5 Å². The van der Waals surface area contributed by atoms with E-state index in [0.29, 0.717) is 17.2 Å². The summed E-state index contributed by atoms with van der Waals surface area (Å²) in [6.45, 7) is 0. The van der Waals surface area contributed by atoms with Gasteiger partial charge in [-0.3, -0.25) is 4.79 Å². The Bertz CT molecular complexity index is 403. The normalized spacial score (nSPS) is 22.2. The van der Waals surface area contributed by atoms with Gasteiger partial charge in [0.1, 0.15) is 10.1 Å². The van der Waals surface area contributed by atoms with Crippen molar-refractivity contribution in [3.05, 3.63) is 29.3 Å². The van der Waals surface area contributed by atoms with Crippen molar-refractivity contribution in [3.8, 4) is 5.75 Å². The summed E-state index contributed by atoms with van der Waals surface area (Å²) in [5.41, 5.74) is 0. The predicted octanol–water partition coefficient (Wildman–Crippen LogP) is 3.44. The number of esters is 1. The lowest BCUT2D eigenvalue weighted by atomic mass is 10.3. The number of benzene rings is 1. The molecule has 0 N–H and O–H groups in total. The molecule has 0 aliphatic heterocycles. The highest BCUT2D eigenvalue weighted by molar-refractivity contribution is 6.52. The predicted molar refractivity (Wildman–Crippen MR) is 59.6 cm³/mol. The Morgan fingerprint density at radius 1 is 1.47 bits per heavy atom. The maximum absolute atomic E-state index is 11.5. The van der Waals surface area contributed by atoms with Crippen molar-refractivity contribution in [1.82, 2.24) is 0 Å². The van der Waals surface area contributed by atoms with E-state index in [1.807, 2.05) is 0 Å². The van der Waals surface area contributed by atoms with Gasteiger partial charge in [0.15, 0.2) is 0 Å². The monoisotopic (exact) mass is 264 g/mol. The molecule has 1 fully saturated rings. The van der Waals surface area contributed by atoms with Gasteiger partial charge >= 0.3 is 5.97 Å². The second-order valence-electron chi connectivity index (χ2n) is 3.40. The Balaban J connectivity index is 2.01. The number of rotatable bonds is 2. The summed E-state index contributed by atoms with van der Waals surface area (Å²) in [7, 11) is 0. The van der Waals surface area contributed by atoms with Crippen LogP contribution in [-0.2, 0) is 4.79 Å². The molecule has 1 aromatic rings. The molecule has 15 heavy (non-hydrogen) atoms. The van der Waals surface area contributed by atoms with Gasteiger partial charge in [0.2, 0.25) is 0 Å². The molecular formula is C10H7Cl3O2. The molecule has 1 saturated carbocycles. The molecule has 1 aromatic carbocycles. The zero-order chi connectivity index (χ0) is 11.1. The van der Waals surface area contributed by atoms with Gasteiger partial charge in [0.05, 0.1) is 5.92 Å². The van der Waals surface area contributed by atoms with Crippen LogP contribution in [0.1, 0.15) is 6.42 Å². The molecule has 0 bridgehead atoms. The Labute approximate surface area is 102 Å². The number of hydrogen-bond acceptors (Lipinski definition) is 2. The van der Waals surface area contributed by atoms with E-state index in [2.05, 4.69) is 0 Å². The largest absolute Gasteiger partial charge is 0.426 e. The summed E-state index contributed by atoms with van der Waals surface area (Å²) < 4.78 is 4.11. The van der Waals surface area contributed by atoms with Crippen LogP contribution in [0.2, 0.25) is 5.02 Å². The molecule has 1 aliphatic rings. The molecule has 80 valence electrons. The van der Waals surface area contributed by atoms with Crippen molar-refractivity contribution in [1.29, 1.82) is 0 Å². The molecule has 2 rings (SSSR count). The van der Waals surface area contributed by atoms with E-state index in [-0.39, 0.29) is 0 Å². The smallest absolute Gasteiger partial charge is 0.317 e. The Kier molecular flexibility index (Phi) is 2.84. The fourth-order valence-corrected chi connectivity index (χ4v) is 1.85. The second-order valence-corrected chi connectivity index (χ2v) is 5.38. The topological polar surface area (TPSA) is 26.3 Å². The number of hydrogen-bond donors (Lipinski definition) is 0. The van der Waals surface area contributed by atoms with Gasteiger partial charge in [-0.1, -0.05) is 17.7 Å². The highest BCUT2D eigenvalue weighted by Crippen LogP contribution is 2.53. The number of carbonyl (C=O) groups excluding carboxylic acids is 1. The number of ether oxygens (including phenoxy) is 1. The minimum atomic E-state index is -0.949. The van der Waals surface area contributed by atoms with Crippen LogP contribution >= 0.6 is 34.8 Å². The van der Waals surface area contributed by atoms with Gasteiger partial charge in [-0.2, -0.15) is 0 Å². The zero-order valence-corrected chi connectivity index (χ0v) is 9.81. The SMILES string of the molecule is O=C(Oc1cccc(Cl)c1)C1CC1(Cl)Cl. The van der Waals surface area contributed by atoms with Crippen LogP contribution in [0.5, 0.6) is 5.75 Å².